The van der Waals surface area contributed by atoms with Crippen molar-refractivity contribution in [3.05, 3.63) is 29.6 Å². The van der Waals surface area contributed by atoms with E-state index in [1.54, 1.807) is 6.20 Å². The van der Waals surface area contributed by atoms with Crippen LogP contribution in [0.5, 0.6) is 0 Å². The fourth-order valence-corrected chi connectivity index (χ4v) is 1.44. The Bertz CT molecular complexity index is 359. The summed E-state index contributed by atoms with van der Waals surface area (Å²) in [6.07, 6.45) is 2.04. The Kier molecular flexibility index (Phi) is 5.10. The van der Waals surface area contributed by atoms with Crippen molar-refractivity contribution in [1.29, 1.82) is 0 Å². The second-order valence-electron chi connectivity index (χ2n) is 4.44. The van der Waals surface area contributed by atoms with Crippen LogP contribution in [-0.4, -0.2) is 22.2 Å². The van der Waals surface area contributed by atoms with Gasteiger partial charge in [-0.1, -0.05) is 13.0 Å². The van der Waals surface area contributed by atoms with Crippen molar-refractivity contribution in [2.45, 2.75) is 45.8 Å². The van der Waals surface area contributed by atoms with Crippen LogP contribution >= 0.6 is 0 Å². The monoisotopic (exact) mass is 237 g/mol. The quantitative estimate of drug-likeness (QED) is 0.826. The maximum absolute atomic E-state index is 10.6. The Hall–Kier alpha value is -1.42. The molecule has 1 N–H and O–H groups in total. The van der Waals surface area contributed by atoms with Crippen LogP contribution in [0.15, 0.2) is 18.3 Å². The Morgan fingerprint density at radius 1 is 1.41 bits per heavy atom. The van der Waals surface area contributed by atoms with Gasteiger partial charge in [0, 0.05) is 6.20 Å². The molecule has 17 heavy (non-hydrogen) atoms. The highest BCUT2D eigenvalue weighted by atomic mass is 16.5. The highest BCUT2D eigenvalue weighted by Crippen LogP contribution is 2.18. The first-order valence-electron chi connectivity index (χ1n) is 5.77. The zero-order chi connectivity index (χ0) is 12.8. The summed E-state index contributed by atoms with van der Waals surface area (Å²) in [4.78, 5) is 14.8. The second-order valence-corrected chi connectivity index (χ2v) is 4.44. The van der Waals surface area contributed by atoms with E-state index >= 15 is 0 Å². The molecule has 1 aromatic rings. The van der Waals surface area contributed by atoms with Gasteiger partial charge in [0.2, 0.25) is 0 Å². The van der Waals surface area contributed by atoms with Crippen molar-refractivity contribution in [3.8, 4) is 0 Å². The topological polar surface area (TPSA) is 59.4 Å². The summed E-state index contributed by atoms with van der Waals surface area (Å²) < 4.78 is 5.44. The molecule has 0 aliphatic rings. The van der Waals surface area contributed by atoms with E-state index in [9.17, 15) is 4.79 Å². The lowest BCUT2D eigenvalue weighted by atomic mass is 9.99. The van der Waals surface area contributed by atoms with Crippen molar-refractivity contribution >= 4 is 5.97 Å². The first-order valence-corrected chi connectivity index (χ1v) is 5.77. The third-order valence-electron chi connectivity index (χ3n) is 2.46. The van der Waals surface area contributed by atoms with Crippen molar-refractivity contribution < 1.29 is 14.6 Å². The largest absolute Gasteiger partial charge is 0.481 e. The number of hydrogen-bond donors (Lipinski definition) is 1. The van der Waals surface area contributed by atoms with Crippen molar-refractivity contribution in [2.24, 2.45) is 0 Å². The number of nitrogens with zero attached hydrogens (tertiary/aromatic N) is 1. The second kappa shape index (κ2) is 6.35. The van der Waals surface area contributed by atoms with Crippen molar-refractivity contribution in [3.63, 3.8) is 0 Å². The molecule has 0 spiro atoms. The number of hydrogen-bond acceptors (Lipinski definition) is 3. The van der Waals surface area contributed by atoms with Gasteiger partial charge in [-0.15, -0.1) is 0 Å². The predicted molar refractivity (Wildman–Crippen MR) is 64.8 cm³/mol. The average Bonchev–Trinajstić information content (AvgIpc) is 2.26. The van der Waals surface area contributed by atoms with Crippen LogP contribution in [0, 0.1) is 0 Å². The molecule has 4 heteroatoms. The van der Waals surface area contributed by atoms with E-state index in [0.717, 1.165) is 11.3 Å². The minimum Gasteiger partial charge on any atom is -0.481 e. The van der Waals surface area contributed by atoms with Gasteiger partial charge in [-0.05, 0) is 31.4 Å². The zero-order valence-electron chi connectivity index (χ0n) is 10.5. The number of ether oxygens (including phenoxy) is 1. The molecule has 94 valence electrons. The van der Waals surface area contributed by atoms with Gasteiger partial charge in [-0.25, -0.2) is 0 Å². The molecule has 1 atom stereocenters. The molecule has 0 fully saturated rings. The van der Waals surface area contributed by atoms with Gasteiger partial charge >= 0.3 is 5.97 Å². The lowest BCUT2D eigenvalue weighted by Crippen LogP contribution is -2.06. The normalized spacial score (nSPS) is 12.7. The molecular formula is C13H19NO3. The minimum atomic E-state index is -0.787. The molecule has 0 radical (unpaired) electrons. The predicted octanol–water partition coefficient (Wildman–Crippen LogP) is 2.58. The maximum Gasteiger partial charge on any atom is 0.303 e. The summed E-state index contributed by atoms with van der Waals surface area (Å²) in [5.41, 5.74) is 1.81. The van der Waals surface area contributed by atoms with Crippen LogP contribution in [0.25, 0.3) is 0 Å². The summed E-state index contributed by atoms with van der Waals surface area (Å²) in [5.74, 6) is -0.801. The van der Waals surface area contributed by atoms with Crippen LogP contribution in [-0.2, 0) is 16.1 Å². The Labute approximate surface area is 102 Å². The molecular weight excluding hydrogens is 218 g/mol. The van der Waals surface area contributed by atoms with Crippen LogP contribution in [0.1, 0.15) is 44.4 Å². The van der Waals surface area contributed by atoms with Gasteiger partial charge < -0.3 is 9.84 Å². The number of aliphatic carboxylic acids is 1. The SMILES string of the molecule is CC(C)OCc1ccc(C(C)CC(=O)O)cn1. The standard InChI is InChI=1S/C13H19NO3/c1-9(2)17-8-12-5-4-11(7-14-12)10(3)6-13(15)16/h4-5,7,9-10H,6,8H2,1-3H3,(H,15,16). The van der Waals surface area contributed by atoms with E-state index in [1.807, 2.05) is 32.9 Å². The maximum atomic E-state index is 10.6. The van der Waals surface area contributed by atoms with E-state index in [4.69, 9.17) is 9.84 Å². The highest BCUT2D eigenvalue weighted by molar-refractivity contribution is 5.67. The van der Waals surface area contributed by atoms with Gasteiger partial charge in [0.15, 0.2) is 0 Å². The molecule has 0 aliphatic carbocycles. The molecule has 4 nitrogen and oxygen atoms in total. The van der Waals surface area contributed by atoms with Crippen LogP contribution in [0.3, 0.4) is 0 Å². The number of carboxylic acid groups (broad SMARTS) is 1. The third kappa shape index (κ3) is 4.95. The van der Waals surface area contributed by atoms with Crippen molar-refractivity contribution in [1.82, 2.24) is 4.98 Å². The highest BCUT2D eigenvalue weighted by Gasteiger charge is 2.10. The molecule has 1 aromatic heterocycles. The molecule has 0 amide bonds. The molecule has 0 aromatic carbocycles. The molecule has 1 unspecified atom stereocenters. The summed E-state index contributed by atoms with van der Waals surface area (Å²) in [6, 6.07) is 3.80. The summed E-state index contributed by atoms with van der Waals surface area (Å²) in [5, 5.41) is 8.70. The van der Waals surface area contributed by atoms with Gasteiger partial charge in [0.25, 0.3) is 0 Å². The zero-order valence-corrected chi connectivity index (χ0v) is 10.5. The first kappa shape index (κ1) is 13.6. The molecule has 0 bridgehead atoms. The lowest BCUT2D eigenvalue weighted by molar-refractivity contribution is -0.137. The fourth-order valence-electron chi connectivity index (χ4n) is 1.44. The van der Waals surface area contributed by atoms with Gasteiger partial charge in [0.1, 0.15) is 0 Å². The molecule has 0 aliphatic heterocycles. The Morgan fingerprint density at radius 2 is 2.12 bits per heavy atom. The fraction of sp³-hybridized carbons (Fsp3) is 0.538. The lowest BCUT2D eigenvalue weighted by Gasteiger charge is -2.10. The van der Waals surface area contributed by atoms with E-state index in [1.165, 1.54) is 0 Å². The summed E-state index contributed by atoms with van der Waals surface area (Å²) in [6.45, 7) is 6.33. The number of rotatable bonds is 6. The van der Waals surface area contributed by atoms with Crippen LogP contribution in [0.2, 0.25) is 0 Å². The van der Waals surface area contributed by atoms with E-state index in [0.29, 0.717) is 6.61 Å². The Morgan fingerprint density at radius 3 is 2.59 bits per heavy atom. The van der Waals surface area contributed by atoms with Crippen LogP contribution < -0.4 is 0 Å². The smallest absolute Gasteiger partial charge is 0.303 e. The van der Waals surface area contributed by atoms with E-state index < -0.39 is 5.97 Å². The Balaban J connectivity index is 2.58. The summed E-state index contributed by atoms with van der Waals surface area (Å²) in [7, 11) is 0. The molecule has 1 heterocycles. The average molecular weight is 237 g/mol. The number of carbonyl (C=O) groups is 1. The summed E-state index contributed by atoms with van der Waals surface area (Å²) >= 11 is 0. The third-order valence-corrected chi connectivity index (χ3v) is 2.46. The van der Waals surface area contributed by atoms with Gasteiger partial charge in [-0.2, -0.15) is 0 Å². The van der Waals surface area contributed by atoms with E-state index in [-0.39, 0.29) is 18.4 Å². The molecule has 0 saturated carbocycles. The van der Waals surface area contributed by atoms with Gasteiger partial charge in [0.05, 0.1) is 24.8 Å². The minimum absolute atomic E-state index is 0.0138. The van der Waals surface area contributed by atoms with Crippen LogP contribution in [0.4, 0.5) is 0 Å². The number of pyridine rings is 1. The molecule has 1 rings (SSSR count). The van der Waals surface area contributed by atoms with E-state index in [2.05, 4.69) is 4.98 Å². The number of aromatic nitrogens is 1. The number of carboxylic acids is 1. The van der Waals surface area contributed by atoms with Gasteiger partial charge in [-0.3, -0.25) is 9.78 Å². The first-order chi connectivity index (χ1) is 7.99. The molecule has 0 saturated heterocycles. The van der Waals surface area contributed by atoms with Crippen molar-refractivity contribution in [2.75, 3.05) is 0 Å².